The molecule has 2 aromatic rings. The molecule has 2 N–H and O–H groups in total. The largest absolute Gasteiger partial charge is 0.367 e. The lowest BCUT2D eigenvalue weighted by Gasteiger charge is -2.07. The van der Waals surface area contributed by atoms with Crippen LogP contribution in [-0.2, 0) is 0 Å². The fourth-order valence-corrected chi connectivity index (χ4v) is 1.76. The topological polar surface area (TPSA) is 79.8 Å². The number of nitrogens with one attached hydrogen (secondary N) is 2. The van der Waals surface area contributed by atoms with E-state index in [2.05, 4.69) is 25.6 Å². The van der Waals surface area contributed by atoms with Gasteiger partial charge in [-0.05, 0) is 12.1 Å². The maximum atomic E-state index is 11.9. The molecular formula is C12H11Cl2N5O. The third-order valence-corrected chi connectivity index (χ3v) is 2.82. The molecule has 0 bridgehead atoms. The van der Waals surface area contributed by atoms with Crippen molar-refractivity contribution in [2.24, 2.45) is 0 Å². The van der Waals surface area contributed by atoms with Crippen LogP contribution in [0.4, 0.5) is 5.82 Å². The first-order valence-corrected chi connectivity index (χ1v) is 6.52. The Labute approximate surface area is 125 Å². The molecule has 8 heteroatoms. The van der Waals surface area contributed by atoms with E-state index < -0.39 is 0 Å². The van der Waals surface area contributed by atoms with Gasteiger partial charge in [-0.25, -0.2) is 9.97 Å². The number of halogens is 2. The lowest BCUT2D eigenvalue weighted by Crippen LogP contribution is -2.29. The average Bonchev–Trinajstić information content (AvgIpc) is 2.47. The molecule has 0 fully saturated rings. The molecule has 0 aromatic carbocycles. The van der Waals surface area contributed by atoms with Crippen molar-refractivity contribution in [2.75, 3.05) is 18.4 Å². The predicted octanol–water partition coefficient (Wildman–Crippen LogP) is 2.02. The van der Waals surface area contributed by atoms with E-state index in [9.17, 15) is 4.79 Å². The highest BCUT2D eigenvalue weighted by atomic mass is 35.5. The van der Waals surface area contributed by atoms with Crippen molar-refractivity contribution >= 4 is 34.9 Å². The number of hydrogen-bond acceptors (Lipinski definition) is 5. The van der Waals surface area contributed by atoms with Gasteiger partial charge >= 0.3 is 0 Å². The quantitative estimate of drug-likeness (QED) is 0.652. The maximum Gasteiger partial charge on any atom is 0.271 e. The zero-order chi connectivity index (χ0) is 14.4. The number of aromatic nitrogens is 3. The lowest BCUT2D eigenvalue weighted by molar-refractivity contribution is 0.0950. The molecule has 2 heterocycles. The van der Waals surface area contributed by atoms with Gasteiger partial charge in [0.25, 0.3) is 5.91 Å². The molecule has 0 radical (unpaired) electrons. The van der Waals surface area contributed by atoms with Crippen LogP contribution in [0.3, 0.4) is 0 Å². The molecule has 2 aromatic heterocycles. The molecule has 0 aliphatic carbocycles. The zero-order valence-corrected chi connectivity index (χ0v) is 11.8. The molecule has 0 spiro atoms. The summed E-state index contributed by atoms with van der Waals surface area (Å²) in [6.45, 7) is 0.891. The highest BCUT2D eigenvalue weighted by molar-refractivity contribution is 6.34. The number of carbonyl (C=O) groups excluding carboxylic acids is 1. The number of amides is 1. The molecule has 0 unspecified atom stereocenters. The Morgan fingerprint density at radius 3 is 2.80 bits per heavy atom. The van der Waals surface area contributed by atoms with Crippen molar-refractivity contribution < 1.29 is 4.79 Å². The lowest BCUT2D eigenvalue weighted by atomic mass is 10.3. The maximum absolute atomic E-state index is 11.9. The molecule has 0 saturated heterocycles. The van der Waals surface area contributed by atoms with Crippen LogP contribution in [0, 0.1) is 0 Å². The van der Waals surface area contributed by atoms with Crippen LogP contribution in [0.5, 0.6) is 0 Å². The molecule has 0 aliphatic rings. The number of nitrogens with zero attached hydrogens (tertiary/aromatic N) is 3. The van der Waals surface area contributed by atoms with Gasteiger partial charge in [-0.2, -0.15) is 0 Å². The van der Waals surface area contributed by atoms with Gasteiger partial charge in [-0.1, -0.05) is 23.2 Å². The normalized spacial score (nSPS) is 10.1. The Balaban J connectivity index is 1.82. The van der Waals surface area contributed by atoms with Crippen molar-refractivity contribution in [3.63, 3.8) is 0 Å². The first kappa shape index (κ1) is 14.5. The van der Waals surface area contributed by atoms with E-state index in [1.54, 1.807) is 18.6 Å². The second kappa shape index (κ2) is 7.02. The molecule has 104 valence electrons. The van der Waals surface area contributed by atoms with Gasteiger partial charge in [0, 0.05) is 25.5 Å². The van der Waals surface area contributed by atoms with Crippen molar-refractivity contribution in [2.45, 2.75) is 0 Å². The van der Waals surface area contributed by atoms with Gasteiger partial charge in [0.15, 0.2) is 0 Å². The first-order chi connectivity index (χ1) is 9.66. The Morgan fingerprint density at radius 1 is 1.20 bits per heavy atom. The average molecular weight is 312 g/mol. The third-order valence-electron chi connectivity index (χ3n) is 2.31. The number of pyridine rings is 1. The van der Waals surface area contributed by atoms with Gasteiger partial charge in [-0.3, -0.25) is 9.78 Å². The third kappa shape index (κ3) is 4.04. The summed E-state index contributed by atoms with van der Waals surface area (Å²) >= 11 is 11.6. The molecule has 20 heavy (non-hydrogen) atoms. The smallest absolute Gasteiger partial charge is 0.271 e. The first-order valence-electron chi connectivity index (χ1n) is 5.77. The van der Waals surface area contributed by atoms with Crippen molar-refractivity contribution in [1.29, 1.82) is 0 Å². The van der Waals surface area contributed by atoms with Gasteiger partial charge < -0.3 is 10.6 Å². The highest BCUT2D eigenvalue weighted by Gasteiger charge is 2.12. The van der Waals surface area contributed by atoms with E-state index in [1.807, 2.05) is 0 Å². The fourth-order valence-electron chi connectivity index (χ4n) is 1.42. The molecule has 0 atom stereocenters. The van der Waals surface area contributed by atoms with Gasteiger partial charge in [0.2, 0.25) is 0 Å². The van der Waals surface area contributed by atoms with E-state index >= 15 is 0 Å². The number of hydrogen-bond donors (Lipinski definition) is 2. The summed E-state index contributed by atoms with van der Waals surface area (Å²) in [5, 5.41) is 6.17. The Bertz CT molecular complexity index is 594. The molecule has 0 aliphatic heterocycles. The van der Waals surface area contributed by atoms with Crippen molar-refractivity contribution in [3.05, 3.63) is 46.6 Å². The van der Waals surface area contributed by atoms with Crippen molar-refractivity contribution in [1.82, 2.24) is 20.3 Å². The summed E-state index contributed by atoms with van der Waals surface area (Å²) < 4.78 is 0. The van der Waals surface area contributed by atoms with Crippen LogP contribution in [0.15, 0.2) is 30.7 Å². The van der Waals surface area contributed by atoms with Gasteiger partial charge in [-0.15, -0.1) is 0 Å². The summed E-state index contributed by atoms with van der Waals surface area (Å²) in [5.41, 5.74) is 0.110. The van der Waals surface area contributed by atoms with Gasteiger partial charge in [0.1, 0.15) is 16.7 Å². The molecule has 1 amide bonds. The van der Waals surface area contributed by atoms with Crippen LogP contribution in [0.1, 0.15) is 10.5 Å². The minimum absolute atomic E-state index is 0.110. The summed E-state index contributed by atoms with van der Waals surface area (Å²) in [4.78, 5) is 23.7. The molecule has 6 nitrogen and oxygen atoms in total. The van der Waals surface area contributed by atoms with E-state index in [0.717, 1.165) is 0 Å². The Hall–Kier alpha value is -1.92. The van der Waals surface area contributed by atoms with Crippen molar-refractivity contribution in [3.8, 4) is 0 Å². The van der Waals surface area contributed by atoms with Crippen LogP contribution >= 0.6 is 23.2 Å². The number of rotatable bonds is 5. The molecular weight excluding hydrogens is 301 g/mol. The minimum atomic E-state index is -0.376. The second-order valence-electron chi connectivity index (χ2n) is 3.74. The summed E-state index contributed by atoms with van der Waals surface area (Å²) in [7, 11) is 0. The molecule has 0 saturated carbocycles. The SMILES string of the molecule is O=C(NCCNc1cnccn1)c1nc(Cl)ccc1Cl. The minimum Gasteiger partial charge on any atom is -0.367 e. The van der Waals surface area contributed by atoms with Crippen LogP contribution in [0.2, 0.25) is 10.2 Å². The number of anilines is 1. The second-order valence-corrected chi connectivity index (χ2v) is 4.53. The van der Waals surface area contributed by atoms with Gasteiger partial charge in [0.05, 0.1) is 11.2 Å². The van der Waals surface area contributed by atoms with E-state index in [-0.39, 0.29) is 21.8 Å². The Kier molecular flexibility index (Phi) is 5.09. The zero-order valence-electron chi connectivity index (χ0n) is 10.3. The fraction of sp³-hybridized carbons (Fsp3) is 0.167. The Morgan fingerprint density at radius 2 is 2.05 bits per heavy atom. The monoisotopic (exact) mass is 311 g/mol. The highest BCUT2D eigenvalue weighted by Crippen LogP contribution is 2.16. The van der Waals surface area contributed by atoms with E-state index in [1.165, 1.54) is 12.1 Å². The van der Waals surface area contributed by atoms with E-state index in [0.29, 0.717) is 18.9 Å². The predicted molar refractivity (Wildman–Crippen MR) is 77.1 cm³/mol. The van der Waals surface area contributed by atoms with Crippen LogP contribution in [-0.4, -0.2) is 33.9 Å². The summed E-state index contributed by atoms with van der Waals surface area (Å²) in [5.74, 6) is 0.263. The van der Waals surface area contributed by atoms with E-state index in [4.69, 9.17) is 23.2 Å². The number of carbonyl (C=O) groups is 1. The van der Waals surface area contributed by atoms with Crippen LogP contribution < -0.4 is 10.6 Å². The van der Waals surface area contributed by atoms with Crippen LogP contribution in [0.25, 0.3) is 0 Å². The summed E-state index contributed by atoms with van der Waals surface area (Å²) in [6, 6.07) is 3.06. The standard InChI is InChI=1S/C12H11Cl2N5O/c13-8-1-2-9(14)19-11(8)12(20)18-6-5-17-10-7-15-3-4-16-10/h1-4,7H,5-6H2,(H,16,17)(H,18,20). The summed E-state index contributed by atoms with van der Waals surface area (Å²) in [6.07, 6.45) is 4.76. The molecule has 2 rings (SSSR count).